The van der Waals surface area contributed by atoms with Gasteiger partial charge in [0.05, 0.1) is 17.9 Å². The molecule has 0 aromatic carbocycles. The third kappa shape index (κ3) is 17.3. The number of ketones is 3. The van der Waals surface area contributed by atoms with Crippen molar-refractivity contribution in [2.45, 2.75) is 97.6 Å². The van der Waals surface area contributed by atoms with Crippen LogP contribution in [0.4, 0.5) is 0 Å². The van der Waals surface area contributed by atoms with Gasteiger partial charge in [-0.1, -0.05) is 13.8 Å². The first-order chi connectivity index (χ1) is 22.1. The van der Waals surface area contributed by atoms with Crippen LogP contribution in [0.25, 0.3) is 0 Å². The second-order valence-electron chi connectivity index (χ2n) is 12.0. The van der Waals surface area contributed by atoms with Gasteiger partial charge in [-0.05, 0) is 51.4 Å². The number of nitrogens with zero attached hydrogens (tertiary/aromatic N) is 3. The quantitative estimate of drug-likeness (QED) is 0.0391. The SMILES string of the molecule is CC(=O)N[C@@H](CCCN=C(N)N)C(=O)C[C@@H](CCC(N)=O)C(=O)N[C@@H](CC(C)C)C(=O)C[C@@H](CCCN=C(C)N)C(=O)c1nccs1. The number of thiazole rings is 1. The molecule has 1 rings (SSSR count). The maximum Gasteiger partial charge on any atom is 0.224 e. The molecule has 262 valence electrons. The summed E-state index contributed by atoms with van der Waals surface area (Å²) in [4.78, 5) is 89.7. The van der Waals surface area contributed by atoms with Gasteiger partial charge < -0.3 is 33.6 Å². The Bertz CT molecular complexity index is 1260. The first-order valence-corrected chi connectivity index (χ1v) is 16.6. The van der Waals surface area contributed by atoms with Crippen LogP contribution in [0, 0.1) is 17.8 Å². The molecule has 0 radical (unpaired) electrons. The molecule has 0 unspecified atom stereocenters. The number of amides is 3. The molecule has 3 amide bonds. The smallest absolute Gasteiger partial charge is 0.224 e. The van der Waals surface area contributed by atoms with Crippen molar-refractivity contribution in [1.29, 1.82) is 0 Å². The number of hydrogen-bond donors (Lipinski definition) is 6. The largest absolute Gasteiger partial charge is 0.388 e. The van der Waals surface area contributed by atoms with Crippen LogP contribution in [-0.4, -0.2) is 77.0 Å². The molecule has 1 aromatic rings. The molecule has 1 aromatic heterocycles. The predicted octanol–water partition coefficient (Wildman–Crippen LogP) is 0.989. The van der Waals surface area contributed by atoms with Crippen LogP contribution >= 0.6 is 11.3 Å². The number of Topliss-reactive ketones (excluding diaryl/α,β-unsaturated/α-hetero) is 3. The Hall–Kier alpha value is -4.21. The van der Waals surface area contributed by atoms with E-state index in [1.165, 1.54) is 24.5 Å². The zero-order valence-corrected chi connectivity index (χ0v) is 28.6. The molecule has 47 heavy (non-hydrogen) atoms. The van der Waals surface area contributed by atoms with Crippen molar-refractivity contribution in [2.75, 3.05) is 13.1 Å². The fourth-order valence-electron chi connectivity index (χ4n) is 4.95. The van der Waals surface area contributed by atoms with E-state index < -0.39 is 47.4 Å². The molecule has 0 saturated carbocycles. The summed E-state index contributed by atoms with van der Waals surface area (Å²) in [6, 6.07) is -1.86. The third-order valence-electron chi connectivity index (χ3n) is 7.21. The number of nitrogens with two attached hydrogens (primary N) is 4. The van der Waals surface area contributed by atoms with E-state index in [4.69, 9.17) is 22.9 Å². The highest BCUT2D eigenvalue weighted by Gasteiger charge is 2.33. The minimum absolute atomic E-state index is 0.000652. The highest BCUT2D eigenvalue weighted by atomic mass is 32.1. The topological polar surface area (TPSA) is 268 Å². The average Bonchev–Trinajstić information content (AvgIpc) is 3.51. The van der Waals surface area contributed by atoms with Crippen LogP contribution in [0.15, 0.2) is 21.6 Å². The van der Waals surface area contributed by atoms with E-state index in [1.54, 1.807) is 12.3 Å². The van der Waals surface area contributed by atoms with Crippen LogP contribution < -0.4 is 33.6 Å². The van der Waals surface area contributed by atoms with E-state index >= 15 is 0 Å². The number of carbonyl (C=O) groups is 6. The van der Waals surface area contributed by atoms with Crippen LogP contribution in [0.1, 0.15) is 95.3 Å². The van der Waals surface area contributed by atoms with Gasteiger partial charge in [0.15, 0.2) is 28.3 Å². The number of rotatable bonds is 24. The molecule has 4 atom stereocenters. The zero-order chi connectivity index (χ0) is 35.5. The maximum atomic E-state index is 13.7. The highest BCUT2D eigenvalue weighted by Crippen LogP contribution is 2.23. The van der Waals surface area contributed by atoms with Gasteiger partial charge in [-0.25, -0.2) is 4.98 Å². The molecule has 0 saturated heterocycles. The zero-order valence-electron chi connectivity index (χ0n) is 27.8. The summed E-state index contributed by atoms with van der Waals surface area (Å²) < 4.78 is 0. The monoisotopic (exact) mass is 677 g/mol. The van der Waals surface area contributed by atoms with Gasteiger partial charge in [0, 0.05) is 62.7 Å². The number of nitrogens with one attached hydrogen (secondary N) is 2. The van der Waals surface area contributed by atoms with E-state index in [9.17, 15) is 28.8 Å². The number of carbonyl (C=O) groups excluding carboxylic acids is 6. The second kappa shape index (κ2) is 21.6. The number of guanidine groups is 1. The van der Waals surface area contributed by atoms with Crippen LogP contribution in [0.3, 0.4) is 0 Å². The average molecular weight is 678 g/mol. The first-order valence-electron chi connectivity index (χ1n) is 15.8. The third-order valence-corrected chi connectivity index (χ3v) is 8.00. The second-order valence-corrected chi connectivity index (χ2v) is 12.9. The Morgan fingerprint density at radius 2 is 1.45 bits per heavy atom. The summed E-state index contributed by atoms with van der Waals surface area (Å²) in [5, 5.41) is 7.38. The summed E-state index contributed by atoms with van der Waals surface area (Å²) in [5.41, 5.74) is 21.7. The number of amidine groups is 1. The molecule has 1 heterocycles. The minimum Gasteiger partial charge on any atom is -0.388 e. The maximum absolute atomic E-state index is 13.7. The van der Waals surface area contributed by atoms with Crippen molar-refractivity contribution in [3.63, 3.8) is 0 Å². The first kappa shape index (κ1) is 40.8. The van der Waals surface area contributed by atoms with E-state index in [1.807, 2.05) is 13.8 Å². The molecule has 0 spiro atoms. The van der Waals surface area contributed by atoms with Crippen molar-refractivity contribution >= 4 is 58.2 Å². The van der Waals surface area contributed by atoms with Gasteiger partial charge in [0.1, 0.15) is 0 Å². The number of aliphatic imine (C=N–C) groups is 2. The normalized spacial score (nSPS) is 14.0. The van der Waals surface area contributed by atoms with Gasteiger partial charge in [0.2, 0.25) is 17.7 Å². The van der Waals surface area contributed by atoms with Gasteiger partial charge in [-0.15, -0.1) is 11.3 Å². The molecule has 0 bridgehead atoms. The standard InChI is InChI=1S/C31H51N9O6S/c1-18(2)15-24(26(43)16-21(7-5-11-36-19(3)32)28(45)30-37-13-14-47-30)40-29(46)22(9-10-27(33)44)17-25(42)23(39-20(4)41)8-6-12-38-31(34)35/h13-14,18,21-24H,5-12,15-17H2,1-4H3,(H2,32,36)(H2,33,44)(H,39,41)(H,40,46)(H4,34,35,38)/t21-,22-,23+,24+/m1/s1. The molecule has 15 nitrogen and oxygen atoms in total. The lowest BCUT2D eigenvalue weighted by Crippen LogP contribution is -2.47. The Morgan fingerprint density at radius 1 is 0.830 bits per heavy atom. The van der Waals surface area contributed by atoms with E-state index in [0.29, 0.717) is 36.7 Å². The lowest BCUT2D eigenvalue weighted by atomic mass is 9.87. The predicted molar refractivity (Wildman–Crippen MR) is 181 cm³/mol. The molecule has 0 aliphatic carbocycles. The molecular weight excluding hydrogens is 626 g/mol. The van der Waals surface area contributed by atoms with Crippen molar-refractivity contribution in [3.8, 4) is 0 Å². The Kier molecular flexibility index (Phi) is 18.7. The van der Waals surface area contributed by atoms with Gasteiger partial charge in [0.25, 0.3) is 0 Å². The van der Waals surface area contributed by atoms with Crippen molar-refractivity contribution in [1.82, 2.24) is 15.6 Å². The van der Waals surface area contributed by atoms with Crippen molar-refractivity contribution in [3.05, 3.63) is 16.6 Å². The van der Waals surface area contributed by atoms with Crippen molar-refractivity contribution in [2.24, 2.45) is 50.7 Å². The summed E-state index contributed by atoms with van der Waals surface area (Å²) in [5.74, 6) is -4.08. The molecule has 0 aliphatic rings. The summed E-state index contributed by atoms with van der Waals surface area (Å²) in [7, 11) is 0. The molecule has 0 fully saturated rings. The summed E-state index contributed by atoms with van der Waals surface area (Å²) >= 11 is 1.19. The summed E-state index contributed by atoms with van der Waals surface area (Å²) in [6.45, 7) is 7.36. The number of aromatic nitrogens is 1. The van der Waals surface area contributed by atoms with Gasteiger partial charge in [-0.3, -0.25) is 38.8 Å². The fraction of sp³-hybridized carbons (Fsp3) is 0.645. The lowest BCUT2D eigenvalue weighted by molar-refractivity contribution is -0.134. The number of hydrogen-bond acceptors (Lipinski definition) is 10. The minimum atomic E-state index is -1.00. The molecular formula is C31H51N9O6S. The Morgan fingerprint density at radius 3 is 2.00 bits per heavy atom. The van der Waals surface area contributed by atoms with E-state index in [2.05, 4.69) is 25.6 Å². The molecule has 10 N–H and O–H groups in total. The Balaban J connectivity index is 3.18. The van der Waals surface area contributed by atoms with E-state index in [-0.39, 0.29) is 68.5 Å². The Labute approximate surface area is 280 Å². The highest BCUT2D eigenvalue weighted by molar-refractivity contribution is 7.11. The van der Waals surface area contributed by atoms with Crippen LogP contribution in [-0.2, 0) is 24.0 Å². The van der Waals surface area contributed by atoms with Crippen molar-refractivity contribution < 1.29 is 28.8 Å². The van der Waals surface area contributed by atoms with Gasteiger partial charge in [-0.2, -0.15) is 0 Å². The summed E-state index contributed by atoms with van der Waals surface area (Å²) in [6.07, 6.45) is 2.66. The molecule has 16 heteroatoms. The lowest BCUT2D eigenvalue weighted by Gasteiger charge is -2.25. The van der Waals surface area contributed by atoms with E-state index in [0.717, 1.165) is 0 Å². The fourth-order valence-corrected chi connectivity index (χ4v) is 5.60. The van der Waals surface area contributed by atoms with Gasteiger partial charge >= 0.3 is 0 Å². The van der Waals surface area contributed by atoms with Crippen LogP contribution in [0.5, 0.6) is 0 Å². The number of primary amides is 1. The molecule has 0 aliphatic heterocycles. The van der Waals surface area contributed by atoms with Crippen LogP contribution in [0.2, 0.25) is 0 Å².